The molecule has 0 saturated heterocycles. The Bertz CT molecular complexity index is 1180. The summed E-state index contributed by atoms with van der Waals surface area (Å²) in [5, 5.41) is 11.1. The van der Waals surface area contributed by atoms with Gasteiger partial charge in [0.05, 0.1) is 10.4 Å². The molecule has 6 nitrogen and oxygen atoms in total. The van der Waals surface area contributed by atoms with E-state index in [-0.39, 0.29) is 5.89 Å². The molecule has 0 radical (unpaired) electrons. The minimum absolute atomic E-state index is 0.288. The van der Waals surface area contributed by atoms with Crippen LogP contribution in [0.25, 0.3) is 21.7 Å². The molecule has 3 aromatic heterocycles. The normalized spacial score (nSPS) is 17.2. The number of nitrogens with one attached hydrogen (secondary N) is 1. The van der Waals surface area contributed by atoms with E-state index in [1.54, 1.807) is 13.0 Å². The number of esters is 1. The van der Waals surface area contributed by atoms with Crippen LogP contribution in [0.3, 0.4) is 0 Å². The van der Waals surface area contributed by atoms with Crippen molar-refractivity contribution in [3.63, 3.8) is 0 Å². The first-order valence-electron chi connectivity index (χ1n) is 9.80. The number of carbonyl (C=O) groups excluding carboxylic acids is 1. The van der Waals surface area contributed by atoms with Gasteiger partial charge < -0.3 is 14.1 Å². The van der Waals surface area contributed by atoms with Crippen molar-refractivity contribution in [2.24, 2.45) is 5.92 Å². The highest BCUT2D eigenvalue weighted by atomic mass is 32.1. The highest BCUT2D eigenvalue weighted by Gasteiger charge is 2.23. The van der Waals surface area contributed by atoms with Crippen LogP contribution in [-0.4, -0.2) is 21.2 Å². The van der Waals surface area contributed by atoms with E-state index in [0.717, 1.165) is 28.6 Å². The number of rotatable bonds is 4. The van der Waals surface area contributed by atoms with Gasteiger partial charge in [0.15, 0.2) is 6.10 Å². The van der Waals surface area contributed by atoms with Crippen molar-refractivity contribution >= 4 is 28.2 Å². The average molecular weight is 407 g/mol. The third kappa shape index (κ3) is 3.35. The summed E-state index contributed by atoms with van der Waals surface area (Å²) in [5.74, 6) is 0.990. The molecule has 0 aliphatic heterocycles. The van der Waals surface area contributed by atoms with E-state index < -0.39 is 12.1 Å². The van der Waals surface area contributed by atoms with Crippen LogP contribution in [0.4, 0.5) is 0 Å². The maximum absolute atomic E-state index is 12.7. The van der Waals surface area contributed by atoms with Gasteiger partial charge in [-0.3, -0.25) is 0 Å². The van der Waals surface area contributed by atoms with Crippen molar-refractivity contribution in [2.75, 3.05) is 0 Å². The smallest absolute Gasteiger partial charge is 0.338 e. The lowest BCUT2D eigenvalue weighted by Crippen LogP contribution is -2.11. The van der Waals surface area contributed by atoms with Gasteiger partial charge in [-0.05, 0) is 67.3 Å². The minimum Gasteiger partial charge on any atom is -0.449 e. The minimum atomic E-state index is -0.625. The van der Waals surface area contributed by atoms with Gasteiger partial charge in [-0.25, -0.2) is 4.79 Å². The maximum atomic E-state index is 12.7. The molecule has 4 aromatic rings. The van der Waals surface area contributed by atoms with E-state index in [0.29, 0.717) is 17.4 Å². The van der Waals surface area contributed by atoms with Gasteiger partial charge in [-0.2, -0.15) is 0 Å². The van der Waals surface area contributed by atoms with Gasteiger partial charge in [-0.1, -0.05) is 13.0 Å². The SMILES string of the molecule is CC1CCc2[nH]c3ccc(C(=O)OC(C)c4nnc(-c5cccs5)o4)cc3c2C1. The van der Waals surface area contributed by atoms with Gasteiger partial charge >= 0.3 is 5.97 Å². The van der Waals surface area contributed by atoms with Crippen LogP contribution < -0.4 is 0 Å². The van der Waals surface area contributed by atoms with Crippen LogP contribution in [-0.2, 0) is 17.6 Å². The Morgan fingerprint density at radius 3 is 3.07 bits per heavy atom. The Morgan fingerprint density at radius 2 is 2.24 bits per heavy atom. The van der Waals surface area contributed by atoms with E-state index in [4.69, 9.17) is 9.15 Å². The molecule has 1 aliphatic rings. The second-order valence-electron chi connectivity index (χ2n) is 7.66. The van der Waals surface area contributed by atoms with Crippen molar-refractivity contribution < 1.29 is 13.9 Å². The molecule has 148 valence electrons. The number of benzene rings is 1. The molecular formula is C22H21N3O3S. The Balaban J connectivity index is 1.36. The second-order valence-corrected chi connectivity index (χ2v) is 8.61. The van der Waals surface area contributed by atoms with Crippen molar-refractivity contribution in [1.82, 2.24) is 15.2 Å². The summed E-state index contributed by atoms with van der Waals surface area (Å²) in [6.07, 6.45) is 2.67. The van der Waals surface area contributed by atoms with E-state index >= 15 is 0 Å². The molecule has 0 spiro atoms. The third-order valence-corrected chi connectivity index (χ3v) is 6.33. The molecule has 0 fully saturated rings. The Hall–Kier alpha value is -2.93. The van der Waals surface area contributed by atoms with Crippen molar-refractivity contribution in [3.05, 3.63) is 58.4 Å². The molecule has 3 heterocycles. The number of aromatic nitrogens is 3. The first-order valence-corrected chi connectivity index (χ1v) is 10.7. The molecule has 0 amide bonds. The Kier molecular flexibility index (Phi) is 4.47. The third-order valence-electron chi connectivity index (χ3n) is 5.47. The number of hydrogen-bond donors (Lipinski definition) is 1. The number of aryl methyl sites for hydroxylation is 1. The van der Waals surface area contributed by atoms with Crippen LogP contribution in [0, 0.1) is 5.92 Å². The fourth-order valence-electron chi connectivity index (χ4n) is 3.90. The number of thiophene rings is 1. The zero-order chi connectivity index (χ0) is 20.0. The molecule has 2 unspecified atom stereocenters. The van der Waals surface area contributed by atoms with E-state index in [9.17, 15) is 4.79 Å². The zero-order valence-electron chi connectivity index (χ0n) is 16.3. The predicted molar refractivity (Wildman–Crippen MR) is 111 cm³/mol. The van der Waals surface area contributed by atoms with Gasteiger partial charge in [0.25, 0.3) is 11.8 Å². The zero-order valence-corrected chi connectivity index (χ0v) is 17.1. The number of fused-ring (bicyclic) bond motifs is 3. The van der Waals surface area contributed by atoms with E-state index in [1.807, 2.05) is 29.6 Å². The van der Waals surface area contributed by atoms with Gasteiger partial charge in [-0.15, -0.1) is 21.5 Å². The van der Waals surface area contributed by atoms with E-state index in [2.05, 4.69) is 22.1 Å². The lowest BCUT2D eigenvalue weighted by atomic mass is 9.87. The van der Waals surface area contributed by atoms with Crippen LogP contribution in [0.5, 0.6) is 0 Å². The highest BCUT2D eigenvalue weighted by molar-refractivity contribution is 7.13. The number of ether oxygens (including phenoxy) is 1. The molecule has 0 saturated carbocycles. The van der Waals surface area contributed by atoms with E-state index in [1.165, 1.54) is 29.0 Å². The fraction of sp³-hybridized carbons (Fsp3) is 0.318. The van der Waals surface area contributed by atoms with Gasteiger partial charge in [0, 0.05) is 16.6 Å². The standard InChI is InChI=1S/C22H21N3O3S/c1-12-5-7-17-15(10-12)16-11-14(6-8-18(16)23-17)22(26)27-13(2)20-24-25-21(28-20)19-4-3-9-29-19/h3-4,6,8-9,11-13,23H,5,7,10H2,1-2H3. The fourth-order valence-corrected chi connectivity index (χ4v) is 4.54. The van der Waals surface area contributed by atoms with Crippen molar-refractivity contribution in [2.45, 2.75) is 39.2 Å². The van der Waals surface area contributed by atoms with Crippen molar-refractivity contribution in [1.29, 1.82) is 0 Å². The first kappa shape index (κ1) is 18.1. The molecule has 1 aliphatic carbocycles. The topological polar surface area (TPSA) is 81.0 Å². The maximum Gasteiger partial charge on any atom is 0.338 e. The lowest BCUT2D eigenvalue weighted by molar-refractivity contribution is 0.0280. The number of carbonyl (C=O) groups is 1. The van der Waals surface area contributed by atoms with Crippen LogP contribution >= 0.6 is 11.3 Å². The average Bonchev–Trinajstić information content (AvgIpc) is 3.46. The summed E-state index contributed by atoms with van der Waals surface area (Å²) in [5.41, 5.74) is 4.23. The lowest BCUT2D eigenvalue weighted by Gasteiger charge is -2.18. The predicted octanol–water partition coefficient (Wildman–Crippen LogP) is 5.32. The summed E-state index contributed by atoms with van der Waals surface area (Å²) in [6.45, 7) is 4.01. The summed E-state index contributed by atoms with van der Waals surface area (Å²) in [7, 11) is 0. The molecule has 29 heavy (non-hydrogen) atoms. The van der Waals surface area contributed by atoms with Crippen molar-refractivity contribution in [3.8, 4) is 10.8 Å². The molecule has 7 heteroatoms. The molecule has 1 N–H and O–H groups in total. The summed E-state index contributed by atoms with van der Waals surface area (Å²) in [4.78, 5) is 17.1. The second kappa shape index (κ2) is 7.15. The van der Waals surface area contributed by atoms with Crippen LogP contribution in [0.15, 0.2) is 40.1 Å². The quantitative estimate of drug-likeness (QED) is 0.463. The molecular weight excluding hydrogens is 386 g/mol. The number of nitrogens with zero attached hydrogens (tertiary/aromatic N) is 2. The summed E-state index contributed by atoms with van der Waals surface area (Å²) in [6, 6.07) is 9.52. The highest BCUT2D eigenvalue weighted by Crippen LogP contribution is 2.32. The Morgan fingerprint density at radius 1 is 1.34 bits per heavy atom. The first-order chi connectivity index (χ1) is 14.1. The number of aromatic amines is 1. The molecule has 5 rings (SSSR count). The largest absolute Gasteiger partial charge is 0.449 e. The van der Waals surface area contributed by atoms with Gasteiger partial charge in [0.1, 0.15) is 0 Å². The summed E-state index contributed by atoms with van der Waals surface area (Å²) < 4.78 is 11.3. The molecule has 0 bridgehead atoms. The van der Waals surface area contributed by atoms with Gasteiger partial charge in [0.2, 0.25) is 0 Å². The Labute approximate surface area is 171 Å². The van der Waals surface area contributed by atoms with Crippen LogP contribution in [0.1, 0.15) is 53.9 Å². The number of hydrogen-bond acceptors (Lipinski definition) is 6. The van der Waals surface area contributed by atoms with Crippen LogP contribution in [0.2, 0.25) is 0 Å². The molecule has 1 aromatic carbocycles. The number of H-pyrrole nitrogens is 1. The monoisotopic (exact) mass is 407 g/mol. The summed E-state index contributed by atoms with van der Waals surface area (Å²) >= 11 is 1.52. The molecule has 2 atom stereocenters.